The first kappa shape index (κ1) is 15.9. The summed E-state index contributed by atoms with van der Waals surface area (Å²) in [6.07, 6.45) is 1.12. The fraction of sp³-hybridized carbons (Fsp3) is 0.500. The van der Waals surface area contributed by atoms with E-state index < -0.39 is 0 Å². The van der Waals surface area contributed by atoms with Crippen molar-refractivity contribution in [2.75, 3.05) is 0 Å². The van der Waals surface area contributed by atoms with Gasteiger partial charge in [0.15, 0.2) is 3.95 Å². The predicted molar refractivity (Wildman–Crippen MR) is 85.1 cm³/mol. The van der Waals surface area contributed by atoms with Gasteiger partial charge in [-0.05, 0) is 39.4 Å². The summed E-state index contributed by atoms with van der Waals surface area (Å²) in [5.74, 6) is 0.739. The smallest absolute Gasteiger partial charge is 0.225 e. The molecule has 21 heavy (non-hydrogen) atoms. The molecule has 7 heteroatoms. The molecule has 1 unspecified atom stereocenters. The van der Waals surface area contributed by atoms with Gasteiger partial charge in [0, 0.05) is 16.1 Å². The lowest BCUT2D eigenvalue weighted by Gasteiger charge is -2.16. The third-order valence-corrected chi connectivity index (χ3v) is 4.76. The Bertz CT molecular complexity index is 680. The Kier molecular flexibility index (Phi) is 4.95. The van der Waals surface area contributed by atoms with E-state index in [1.807, 2.05) is 27.7 Å². The Morgan fingerprint density at radius 3 is 2.67 bits per heavy atom. The van der Waals surface area contributed by atoms with Gasteiger partial charge in [0.25, 0.3) is 0 Å². The Labute approximate surface area is 132 Å². The van der Waals surface area contributed by atoms with E-state index in [0.717, 1.165) is 34.0 Å². The molecule has 0 aliphatic rings. The molecule has 1 atom stereocenters. The maximum Gasteiger partial charge on any atom is 0.225 e. The minimum Gasteiger partial charge on any atom is -0.361 e. The lowest BCUT2D eigenvalue weighted by molar-refractivity contribution is -0.121. The molecule has 0 bridgehead atoms. The van der Waals surface area contributed by atoms with Gasteiger partial charge in [0.1, 0.15) is 5.76 Å². The maximum absolute atomic E-state index is 12.3. The lowest BCUT2D eigenvalue weighted by Crippen LogP contribution is -2.30. The topological polar surface area (TPSA) is 70.9 Å². The first-order valence-electron chi connectivity index (χ1n) is 6.83. The van der Waals surface area contributed by atoms with Crippen LogP contribution in [-0.4, -0.2) is 16.0 Å². The number of carbonyl (C=O) groups excluding carboxylic acids is 1. The number of amides is 1. The Morgan fingerprint density at radius 2 is 2.19 bits per heavy atom. The van der Waals surface area contributed by atoms with Gasteiger partial charge in [-0.2, -0.15) is 0 Å². The van der Waals surface area contributed by atoms with Crippen molar-refractivity contribution >= 4 is 29.5 Å². The van der Waals surface area contributed by atoms with Crippen molar-refractivity contribution < 1.29 is 9.32 Å². The van der Waals surface area contributed by atoms with Crippen molar-refractivity contribution in [3.05, 3.63) is 31.5 Å². The van der Waals surface area contributed by atoms with E-state index in [1.165, 1.54) is 11.3 Å². The van der Waals surface area contributed by atoms with E-state index in [0.29, 0.717) is 10.4 Å². The van der Waals surface area contributed by atoms with Crippen LogP contribution in [0.3, 0.4) is 0 Å². The number of hydrogen-bond donors (Lipinski definition) is 2. The fourth-order valence-corrected chi connectivity index (χ4v) is 3.65. The summed E-state index contributed by atoms with van der Waals surface area (Å²) in [4.78, 5) is 16.3. The highest BCUT2D eigenvalue weighted by Crippen LogP contribution is 2.24. The van der Waals surface area contributed by atoms with Crippen molar-refractivity contribution in [1.29, 1.82) is 0 Å². The molecule has 0 radical (unpaired) electrons. The van der Waals surface area contributed by atoms with Crippen molar-refractivity contribution in [2.24, 2.45) is 0 Å². The van der Waals surface area contributed by atoms with Crippen molar-refractivity contribution in [1.82, 2.24) is 15.5 Å². The molecule has 0 fully saturated rings. The molecule has 0 aliphatic heterocycles. The average molecular weight is 325 g/mol. The first-order chi connectivity index (χ1) is 9.92. The molecule has 0 saturated carbocycles. The number of aromatic amines is 1. The number of nitrogens with zero attached hydrogens (tertiary/aromatic N) is 1. The monoisotopic (exact) mass is 325 g/mol. The number of nitrogens with one attached hydrogen (secondary N) is 2. The van der Waals surface area contributed by atoms with Crippen LogP contribution in [0, 0.1) is 24.7 Å². The SMILES string of the molecule is CCC(NC(=O)Cc1sc(=S)[nH]c1C)c1c(C)noc1C. The van der Waals surface area contributed by atoms with Crippen LogP contribution in [0.5, 0.6) is 0 Å². The van der Waals surface area contributed by atoms with Crippen LogP contribution >= 0.6 is 23.6 Å². The van der Waals surface area contributed by atoms with Crippen LogP contribution in [0.2, 0.25) is 0 Å². The van der Waals surface area contributed by atoms with Gasteiger partial charge in [0.2, 0.25) is 5.91 Å². The zero-order chi connectivity index (χ0) is 15.6. The van der Waals surface area contributed by atoms with E-state index in [2.05, 4.69) is 15.5 Å². The molecular formula is C14H19N3O2S2. The van der Waals surface area contributed by atoms with Gasteiger partial charge in [-0.15, -0.1) is 11.3 Å². The van der Waals surface area contributed by atoms with Gasteiger partial charge in [0.05, 0.1) is 18.2 Å². The molecule has 0 aromatic carbocycles. The van der Waals surface area contributed by atoms with Gasteiger partial charge < -0.3 is 14.8 Å². The molecule has 2 heterocycles. The summed E-state index contributed by atoms with van der Waals surface area (Å²) in [7, 11) is 0. The molecule has 0 spiro atoms. The molecule has 5 nitrogen and oxygen atoms in total. The Hall–Kier alpha value is -1.47. The normalized spacial score (nSPS) is 12.4. The lowest BCUT2D eigenvalue weighted by atomic mass is 10.0. The summed E-state index contributed by atoms with van der Waals surface area (Å²) in [5, 5.41) is 7.01. The minimum absolute atomic E-state index is 0.0183. The van der Waals surface area contributed by atoms with E-state index in [1.54, 1.807) is 0 Å². The highest BCUT2D eigenvalue weighted by molar-refractivity contribution is 7.73. The van der Waals surface area contributed by atoms with Gasteiger partial charge in [-0.3, -0.25) is 4.79 Å². The summed E-state index contributed by atoms with van der Waals surface area (Å²) in [6, 6.07) is -0.0732. The van der Waals surface area contributed by atoms with Crippen LogP contribution in [-0.2, 0) is 11.2 Å². The average Bonchev–Trinajstić information content (AvgIpc) is 2.90. The molecule has 1 amide bonds. The van der Waals surface area contributed by atoms with Crippen LogP contribution < -0.4 is 5.32 Å². The number of thiazole rings is 1. The van der Waals surface area contributed by atoms with Crippen LogP contribution in [0.4, 0.5) is 0 Å². The fourth-order valence-electron chi connectivity index (χ4n) is 2.36. The molecule has 2 N–H and O–H groups in total. The summed E-state index contributed by atoms with van der Waals surface area (Å²) >= 11 is 6.54. The van der Waals surface area contributed by atoms with Crippen molar-refractivity contribution in [3.8, 4) is 0 Å². The number of carbonyl (C=O) groups is 1. The van der Waals surface area contributed by atoms with E-state index in [9.17, 15) is 4.79 Å². The van der Waals surface area contributed by atoms with Crippen molar-refractivity contribution in [2.45, 2.75) is 46.6 Å². The van der Waals surface area contributed by atoms with E-state index >= 15 is 0 Å². The van der Waals surface area contributed by atoms with E-state index in [4.69, 9.17) is 16.7 Å². The number of aromatic nitrogens is 2. The second-order valence-electron chi connectivity index (χ2n) is 5.01. The third-order valence-electron chi connectivity index (χ3n) is 3.43. The predicted octanol–water partition coefficient (Wildman–Crippen LogP) is 3.53. The molecule has 2 rings (SSSR count). The highest BCUT2D eigenvalue weighted by atomic mass is 32.1. The molecule has 114 valence electrons. The highest BCUT2D eigenvalue weighted by Gasteiger charge is 2.21. The van der Waals surface area contributed by atoms with E-state index in [-0.39, 0.29) is 11.9 Å². The molecular weight excluding hydrogens is 306 g/mol. The molecule has 2 aromatic heterocycles. The van der Waals surface area contributed by atoms with Gasteiger partial charge >= 0.3 is 0 Å². The number of hydrogen-bond acceptors (Lipinski definition) is 5. The number of rotatable bonds is 5. The van der Waals surface area contributed by atoms with Crippen LogP contribution in [0.25, 0.3) is 0 Å². The molecule has 2 aromatic rings. The standard InChI is InChI=1S/C14H19N3O2S2/c1-5-10(13-8(3)17-19-9(13)4)16-12(18)6-11-7(2)15-14(20)21-11/h10H,5-6H2,1-4H3,(H,15,20)(H,16,18). The second-order valence-corrected chi connectivity index (χ2v) is 6.78. The minimum atomic E-state index is -0.0732. The second kappa shape index (κ2) is 6.53. The Balaban J connectivity index is 2.10. The van der Waals surface area contributed by atoms with Crippen molar-refractivity contribution in [3.63, 3.8) is 0 Å². The third kappa shape index (κ3) is 3.59. The quantitative estimate of drug-likeness (QED) is 0.825. The number of aryl methyl sites for hydroxylation is 3. The van der Waals surface area contributed by atoms with Crippen LogP contribution in [0.1, 0.15) is 47.0 Å². The van der Waals surface area contributed by atoms with Gasteiger partial charge in [-0.25, -0.2) is 0 Å². The number of H-pyrrole nitrogens is 1. The van der Waals surface area contributed by atoms with Crippen LogP contribution in [0.15, 0.2) is 4.52 Å². The zero-order valence-corrected chi connectivity index (χ0v) is 14.2. The largest absolute Gasteiger partial charge is 0.361 e. The summed E-state index contributed by atoms with van der Waals surface area (Å²) in [5.41, 5.74) is 2.77. The molecule has 0 aliphatic carbocycles. The summed E-state index contributed by atoms with van der Waals surface area (Å²) < 4.78 is 5.88. The maximum atomic E-state index is 12.3. The first-order valence-corrected chi connectivity index (χ1v) is 8.05. The Morgan fingerprint density at radius 1 is 1.48 bits per heavy atom. The molecule has 0 saturated heterocycles. The zero-order valence-electron chi connectivity index (χ0n) is 12.6. The van der Waals surface area contributed by atoms with Gasteiger partial charge in [-0.1, -0.05) is 12.1 Å². The summed E-state index contributed by atoms with van der Waals surface area (Å²) in [6.45, 7) is 7.72.